The number of nitrogens with two attached hydrogens (primary N) is 2. The van der Waals surface area contributed by atoms with Gasteiger partial charge in [-0.15, -0.1) is 0 Å². The van der Waals surface area contributed by atoms with Gasteiger partial charge in [0.2, 0.25) is 5.95 Å². The van der Waals surface area contributed by atoms with Gasteiger partial charge in [0, 0.05) is 86.2 Å². The second-order valence-electron chi connectivity index (χ2n) is 32.2. The van der Waals surface area contributed by atoms with E-state index in [0.29, 0.717) is 30.8 Å². The lowest BCUT2D eigenvalue weighted by Crippen LogP contribution is -2.45. The van der Waals surface area contributed by atoms with Crippen molar-refractivity contribution in [3.05, 3.63) is 110 Å². The smallest absolute Gasteiger partial charge is 0.410 e. The number of amides is 3. The number of likely N-dealkylation sites (tertiary alicyclic amines) is 3. The first-order chi connectivity index (χ1) is 45.1. The molecule has 3 saturated heterocycles. The molecule has 0 saturated carbocycles. The van der Waals surface area contributed by atoms with Gasteiger partial charge in [-0.05, 0) is 324 Å². The number of sulfonamides is 1. The summed E-state index contributed by atoms with van der Waals surface area (Å²) in [5, 5.41) is 4.21. The van der Waals surface area contributed by atoms with E-state index in [1.165, 1.54) is 6.07 Å². The molecule has 3 aliphatic heterocycles. The van der Waals surface area contributed by atoms with Crippen LogP contribution in [0, 0.1) is 30.6 Å². The summed E-state index contributed by atoms with van der Waals surface area (Å²) in [7, 11) is -6.28. The van der Waals surface area contributed by atoms with E-state index in [2.05, 4.69) is 124 Å². The SMILES string of the molecule is CC(C)(C)OC(=O)N1C[C@@H](CCC(N)c2ccc(Br)cn2)CC1(C)C.CC(C)(C)OC(=O)N1C[C@@H](CCC(NS(=O)C(C)(C)C)c2ccc(Br)cn2)CC1(C)C.CC(C)(C)OC(=O)N1C[C@@H](CCC=NS(=O)C(C)(C)C)CC1(C)C.Cc1ccc(Br)cn1.NS(=O)(=O)c1cccc(F)n1. The lowest BCUT2D eigenvalue weighted by atomic mass is 9.91. The number of ether oxygens (including phenoxy) is 3. The average Bonchev–Trinajstić information content (AvgIpc) is 1.67. The fraction of sp³-hybridized carbons (Fsp3) is 0.662. The summed E-state index contributed by atoms with van der Waals surface area (Å²) in [6.45, 7) is 45.3. The van der Waals surface area contributed by atoms with Crippen LogP contribution in [0.2, 0.25) is 0 Å². The second-order valence-corrected chi connectivity index (χ2v) is 40.4. The molecule has 4 aromatic heterocycles. The van der Waals surface area contributed by atoms with E-state index in [0.717, 1.165) is 107 Å². The Kier molecular flexibility index (Phi) is 33.5. The van der Waals surface area contributed by atoms with Crippen molar-refractivity contribution in [1.29, 1.82) is 0 Å². The largest absolute Gasteiger partial charge is 0.444 e. The minimum absolute atomic E-state index is 0.0770. The van der Waals surface area contributed by atoms with Gasteiger partial charge < -0.3 is 34.6 Å². The molecule has 3 fully saturated rings. The fourth-order valence-corrected chi connectivity index (χ4v) is 13.6. The van der Waals surface area contributed by atoms with E-state index < -0.39 is 59.8 Å². The molecule has 3 amide bonds. The minimum Gasteiger partial charge on any atom is -0.444 e. The van der Waals surface area contributed by atoms with Gasteiger partial charge >= 0.3 is 18.3 Å². The molecule has 0 aliphatic carbocycles. The number of aromatic nitrogens is 4. The zero-order valence-electron chi connectivity index (χ0n) is 62.4. The summed E-state index contributed by atoms with van der Waals surface area (Å²) < 4.78 is 84.3. The maximum Gasteiger partial charge on any atom is 0.410 e. The van der Waals surface area contributed by atoms with E-state index in [-0.39, 0.29) is 56.5 Å². The van der Waals surface area contributed by atoms with Crippen LogP contribution in [0.3, 0.4) is 0 Å². The lowest BCUT2D eigenvalue weighted by molar-refractivity contribution is 0.0118. The van der Waals surface area contributed by atoms with Crippen molar-refractivity contribution in [2.75, 3.05) is 19.6 Å². The van der Waals surface area contributed by atoms with Crippen molar-refractivity contribution in [2.24, 2.45) is 33.0 Å². The molecule has 0 radical (unpaired) electrons. The molecular formula is C71H113Br3FN11O10S3. The Balaban J connectivity index is 0.000000342. The van der Waals surface area contributed by atoms with E-state index in [1.54, 1.807) is 24.8 Å². The third-order valence-corrected chi connectivity index (χ3v) is 21.0. The Morgan fingerprint density at radius 3 is 1.35 bits per heavy atom. The van der Waals surface area contributed by atoms with Crippen molar-refractivity contribution in [1.82, 2.24) is 39.4 Å². The topological polar surface area (TPSA) is 285 Å². The first kappa shape index (κ1) is 88.8. The first-order valence-electron chi connectivity index (χ1n) is 33.4. The number of hydrogen-bond donors (Lipinski definition) is 3. The fourth-order valence-electron chi connectivity index (χ4n) is 11.0. The number of rotatable bonds is 15. The molecule has 3 aliphatic rings. The number of nitrogens with zero attached hydrogens (tertiary/aromatic N) is 8. The molecule has 21 nitrogen and oxygen atoms in total. The zero-order chi connectivity index (χ0) is 75.7. The Labute approximate surface area is 621 Å². The highest BCUT2D eigenvalue weighted by Gasteiger charge is 2.45. The predicted molar refractivity (Wildman–Crippen MR) is 406 cm³/mol. The van der Waals surface area contributed by atoms with Crippen molar-refractivity contribution in [2.45, 2.75) is 270 Å². The average molecular weight is 1640 g/mol. The molecule has 558 valence electrons. The Hall–Kier alpha value is -4.42. The van der Waals surface area contributed by atoms with E-state index >= 15 is 0 Å². The van der Waals surface area contributed by atoms with E-state index in [1.807, 2.05) is 162 Å². The molecule has 7 atom stereocenters. The highest BCUT2D eigenvalue weighted by atomic mass is 79.9. The Bertz CT molecular complexity index is 3410. The summed E-state index contributed by atoms with van der Waals surface area (Å²) in [5.74, 6) is 0.341. The van der Waals surface area contributed by atoms with Crippen molar-refractivity contribution >= 4 is 104 Å². The summed E-state index contributed by atoms with van der Waals surface area (Å²) in [5.41, 5.74) is 7.03. The number of hydrogen-bond acceptors (Lipinski definition) is 15. The molecule has 0 bridgehead atoms. The first-order valence-corrected chi connectivity index (χ1v) is 39.6. The van der Waals surface area contributed by atoms with Gasteiger partial charge in [0.15, 0.2) is 5.03 Å². The van der Waals surface area contributed by atoms with Crippen molar-refractivity contribution in [3.8, 4) is 0 Å². The number of carbonyl (C=O) groups excluding carboxylic acids is 3. The van der Waals surface area contributed by atoms with Crippen molar-refractivity contribution < 1.29 is 49.8 Å². The van der Waals surface area contributed by atoms with Crippen LogP contribution in [-0.2, 0) is 46.2 Å². The van der Waals surface area contributed by atoms with E-state index in [4.69, 9.17) is 19.9 Å². The minimum atomic E-state index is -3.88. The van der Waals surface area contributed by atoms with Crippen LogP contribution < -0.4 is 15.6 Å². The molecule has 7 rings (SSSR count). The number of carbonyl (C=O) groups is 3. The van der Waals surface area contributed by atoms with Crippen LogP contribution in [0.1, 0.15) is 232 Å². The normalized spacial score (nSPS) is 19.5. The van der Waals surface area contributed by atoms with Gasteiger partial charge in [-0.3, -0.25) is 15.0 Å². The van der Waals surface area contributed by atoms with Crippen LogP contribution in [-0.4, -0.2) is 139 Å². The Morgan fingerprint density at radius 2 is 1.02 bits per heavy atom. The highest BCUT2D eigenvalue weighted by Crippen LogP contribution is 2.40. The maximum atomic E-state index is 12.8. The molecule has 0 spiro atoms. The zero-order valence-corrected chi connectivity index (χ0v) is 69.6. The van der Waals surface area contributed by atoms with Gasteiger partial charge in [0.1, 0.15) is 27.8 Å². The van der Waals surface area contributed by atoms with Crippen LogP contribution in [0.5, 0.6) is 0 Å². The molecule has 0 aromatic carbocycles. The molecule has 99 heavy (non-hydrogen) atoms. The molecule has 28 heteroatoms. The molecule has 7 heterocycles. The number of pyridine rings is 4. The maximum absolute atomic E-state index is 12.8. The molecule has 4 aromatic rings. The van der Waals surface area contributed by atoms with Crippen LogP contribution in [0.4, 0.5) is 18.8 Å². The summed E-state index contributed by atoms with van der Waals surface area (Å²) in [6.07, 6.45) is 14.5. The van der Waals surface area contributed by atoms with Crippen molar-refractivity contribution in [3.63, 3.8) is 0 Å². The van der Waals surface area contributed by atoms with Crippen LogP contribution in [0.15, 0.2) is 96.0 Å². The monoisotopic (exact) mass is 1630 g/mol. The van der Waals surface area contributed by atoms with Gasteiger partial charge in [-0.1, -0.05) is 6.07 Å². The van der Waals surface area contributed by atoms with Crippen LogP contribution >= 0.6 is 47.8 Å². The molecule has 4 unspecified atom stereocenters. The highest BCUT2D eigenvalue weighted by molar-refractivity contribution is 9.11. The number of primary sulfonamides is 1. The standard InChI is InChI=1S/C23H38BrN3O3S.C19H30BrN3O2.C18H34N2O3S.C6H6BrN.C5H5FN2O2S/c1-21(2,3)30-20(28)27-15-16(13-23(27,7)8)9-11-19(26-31(29)22(4,5)6)18-12-10-17(24)14-25-18;1-18(2,3)25-17(24)23-12-13(10-19(23,4)5)6-8-15(21)16-9-7-14(20)11-22-16;1-16(2,3)23-15(21)20-13-14(12-18(20,7)8)10-9-11-19-24(22)17(4,5)6;1-5-2-3-6(7)4-8-5;6-4-2-1-3-5(8-4)11(7,9)10/h10,12,14,16,19,26H,9,11,13,15H2,1-8H3;7,9,11,13,15H,6,8,10,12,21H2,1-5H3;11,14H,9-10,12-13H2,1-8H3;2-4H,1H3;1-3H,(H2,7,9,10)/t16-,19?,31?;13-,15?;14-,24?;;/m000../s1. The number of nitrogens with one attached hydrogen (secondary N) is 1. The van der Waals surface area contributed by atoms with Gasteiger partial charge in [-0.2, -0.15) is 8.79 Å². The van der Waals surface area contributed by atoms with Gasteiger partial charge in [-0.25, -0.2) is 46.1 Å². The predicted octanol–water partition coefficient (Wildman–Crippen LogP) is 16.8. The third-order valence-electron chi connectivity index (χ3n) is 15.8. The summed E-state index contributed by atoms with van der Waals surface area (Å²) in [6, 6.07) is 15.0. The molecule has 5 N–H and O–H groups in total. The van der Waals surface area contributed by atoms with Gasteiger partial charge in [0.25, 0.3) is 10.0 Å². The Morgan fingerprint density at radius 1 is 0.626 bits per heavy atom. The number of halogens is 4. The third kappa shape index (κ3) is 32.8. The number of aryl methyl sites for hydroxylation is 1. The lowest BCUT2D eigenvalue weighted by Gasteiger charge is -2.33. The second kappa shape index (κ2) is 37.3. The molecular weight excluding hydrogens is 1520 g/mol. The summed E-state index contributed by atoms with van der Waals surface area (Å²) in [4.78, 5) is 59.2. The van der Waals surface area contributed by atoms with Gasteiger partial charge in [0.05, 0.1) is 37.9 Å². The quantitative estimate of drug-likeness (QED) is 0.0566. The van der Waals surface area contributed by atoms with E-state index in [9.17, 15) is 35.6 Å². The summed E-state index contributed by atoms with van der Waals surface area (Å²) >= 11 is 10.1. The van der Waals surface area contributed by atoms with Crippen LogP contribution in [0.25, 0.3) is 0 Å².